The molecule has 0 aliphatic heterocycles. The van der Waals surface area contributed by atoms with Crippen LogP contribution in [-0.4, -0.2) is 39.2 Å². The summed E-state index contributed by atoms with van der Waals surface area (Å²) in [6.45, 7) is 1.62. The lowest BCUT2D eigenvalue weighted by Crippen LogP contribution is -2.14. The third kappa shape index (κ3) is 4.33. The second-order valence-electron chi connectivity index (χ2n) is 6.35. The fraction of sp³-hybridized carbons (Fsp3) is 0.111. The van der Waals surface area contributed by atoms with Gasteiger partial charge in [-0.25, -0.2) is 17.6 Å². The van der Waals surface area contributed by atoms with Crippen molar-refractivity contribution in [3.63, 3.8) is 0 Å². The summed E-state index contributed by atoms with van der Waals surface area (Å²) in [5, 5.41) is 8.37. The van der Waals surface area contributed by atoms with Gasteiger partial charge in [-0.05, 0) is 36.8 Å². The van der Waals surface area contributed by atoms with Crippen LogP contribution < -0.4 is 4.72 Å². The summed E-state index contributed by atoms with van der Waals surface area (Å²) in [6, 6.07) is 8.78. The van der Waals surface area contributed by atoms with Crippen LogP contribution in [0.4, 0.5) is 10.1 Å². The minimum atomic E-state index is -4.55. The smallest absolute Gasteiger partial charge is 0.374 e. The number of halogens is 1. The maximum absolute atomic E-state index is 14.0. The largest absolute Gasteiger partial charge is 0.475 e. The number of nitrogens with zero attached hydrogens (tertiary/aromatic N) is 1. The molecule has 30 heavy (non-hydrogen) atoms. The molecule has 0 atom stereocenters. The SMILES string of the molecule is Cc1ccc(NS(=O)(=O)c2nc(-c3ccc(S(C)(=O)=O)cc3)c(C(=O)O)o2)c(F)c1. The Morgan fingerprint density at radius 3 is 2.27 bits per heavy atom. The molecule has 2 N–H and O–H groups in total. The van der Waals surface area contributed by atoms with Crippen molar-refractivity contribution in [3.8, 4) is 11.3 Å². The predicted molar refractivity (Wildman–Crippen MR) is 104 cm³/mol. The van der Waals surface area contributed by atoms with E-state index in [0.717, 1.165) is 12.3 Å². The van der Waals surface area contributed by atoms with Crippen LogP contribution in [0.15, 0.2) is 57.0 Å². The Morgan fingerprint density at radius 1 is 1.10 bits per heavy atom. The highest BCUT2D eigenvalue weighted by atomic mass is 32.2. The number of aromatic carboxylic acids is 1. The fourth-order valence-electron chi connectivity index (χ4n) is 2.51. The molecule has 0 amide bonds. The fourth-order valence-corrected chi connectivity index (χ4v) is 4.08. The Balaban J connectivity index is 2.04. The summed E-state index contributed by atoms with van der Waals surface area (Å²) < 4.78 is 69.1. The molecule has 0 aliphatic rings. The van der Waals surface area contributed by atoms with Crippen molar-refractivity contribution in [2.75, 3.05) is 11.0 Å². The van der Waals surface area contributed by atoms with Crippen LogP contribution in [0.1, 0.15) is 16.1 Å². The van der Waals surface area contributed by atoms with Gasteiger partial charge in [0.1, 0.15) is 11.5 Å². The third-order valence-electron chi connectivity index (χ3n) is 3.96. The quantitative estimate of drug-likeness (QED) is 0.579. The van der Waals surface area contributed by atoms with Crippen LogP contribution in [0.3, 0.4) is 0 Å². The highest BCUT2D eigenvalue weighted by Crippen LogP contribution is 2.28. The van der Waals surface area contributed by atoms with Gasteiger partial charge in [0.15, 0.2) is 9.84 Å². The molecule has 158 valence electrons. The molecule has 1 aromatic heterocycles. The maximum Gasteiger partial charge on any atom is 0.374 e. The Morgan fingerprint density at radius 2 is 1.73 bits per heavy atom. The van der Waals surface area contributed by atoms with E-state index < -0.39 is 42.6 Å². The predicted octanol–water partition coefficient (Wildman–Crippen LogP) is 2.69. The van der Waals surface area contributed by atoms with E-state index in [4.69, 9.17) is 4.42 Å². The van der Waals surface area contributed by atoms with Gasteiger partial charge in [-0.2, -0.15) is 13.4 Å². The van der Waals surface area contributed by atoms with Crippen LogP contribution in [0.2, 0.25) is 0 Å². The molecule has 0 fully saturated rings. The average Bonchev–Trinajstić information content (AvgIpc) is 3.10. The molecule has 1 heterocycles. The number of aryl methyl sites for hydroxylation is 1. The van der Waals surface area contributed by atoms with E-state index in [1.165, 1.54) is 36.4 Å². The molecule has 0 unspecified atom stereocenters. The van der Waals surface area contributed by atoms with E-state index in [9.17, 15) is 31.1 Å². The molecule has 12 heteroatoms. The number of carboxylic acids is 1. The molecule has 0 saturated heterocycles. The first-order chi connectivity index (χ1) is 13.9. The van der Waals surface area contributed by atoms with E-state index in [0.29, 0.717) is 5.56 Å². The number of nitrogens with one attached hydrogen (secondary N) is 1. The van der Waals surface area contributed by atoms with Crippen molar-refractivity contribution in [1.29, 1.82) is 0 Å². The standard InChI is InChI=1S/C18H15FN2O7S2/c1-10-3-8-14(13(19)9-10)21-30(26,27)18-20-15(16(28-18)17(22)23)11-4-6-12(7-5-11)29(2,24)25/h3-9,21H,1-2H3,(H,22,23). The van der Waals surface area contributed by atoms with Crippen molar-refractivity contribution < 1.29 is 35.5 Å². The number of sulfone groups is 1. The average molecular weight is 454 g/mol. The molecule has 9 nitrogen and oxygen atoms in total. The minimum Gasteiger partial charge on any atom is -0.475 e. The second kappa shape index (κ2) is 7.54. The van der Waals surface area contributed by atoms with Gasteiger partial charge in [0.25, 0.3) is 0 Å². The number of anilines is 1. The third-order valence-corrected chi connectivity index (χ3v) is 6.21. The second-order valence-corrected chi connectivity index (χ2v) is 9.92. The Bertz CT molecular complexity index is 1350. The number of benzene rings is 2. The monoisotopic (exact) mass is 454 g/mol. The number of hydrogen-bond acceptors (Lipinski definition) is 7. The number of hydrogen-bond donors (Lipinski definition) is 2. The molecule has 2 aromatic carbocycles. The van der Waals surface area contributed by atoms with E-state index >= 15 is 0 Å². The first-order valence-electron chi connectivity index (χ1n) is 8.22. The van der Waals surface area contributed by atoms with Crippen molar-refractivity contribution in [2.45, 2.75) is 17.0 Å². The van der Waals surface area contributed by atoms with Crippen molar-refractivity contribution >= 4 is 31.5 Å². The van der Waals surface area contributed by atoms with Crippen LogP contribution in [-0.2, 0) is 19.9 Å². The normalized spacial score (nSPS) is 12.0. The van der Waals surface area contributed by atoms with E-state index in [1.54, 1.807) is 6.92 Å². The van der Waals surface area contributed by atoms with Gasteiger partial charge in [0.2, 0.25) is 5.76 Å². The summed E-state index contributed by atoms with van der Waals surface area (Å²) in [6.07, 6.45) is 1.00. The van der Waals surface area contributed by atoms with E-state index in [-0.39, 0.29) is 21.8 Å². The number of carbonyl (C=O) groups is 1. The van der Waals surface area contributed by atoms with Crippen molar-refractivity contribution in [2.24, 2.45) is 0 Å². The highest BCUT2D eigenvalue weighted by molar-refractivity contribution is 7.92. The first-order valence-corrected chi connectivity index (χ1v) is 11.6. The molecule has 0 aliphatic carbocycles. The highest BCUT2D eigenvalue weighted by Gasteiger charge is 2.29. The van der Waals surface area contributed by atoms with E-state index in [1.807, 2.05) is 4.72 Å². The summed E-state index contributed by atoms with van der Waals surface area (Å²) in [7, 11) is -8.04. The zero-order valence-electron chi connectivity index (χ0n) is 15.6. The van der Waals surface area contributed by atoms with Gasteiger partial charge in [0, 0.05) is 11.8 Å². The van der Waals surface area contributed by atoms with Gasteiger partial charge < -0.3 is 9.52 Å². The molecule has 0 saturated carbocycles. The van der Waals surface area contributed by atoms with Gasteiger partial charge in [-0.3, -0.25) is 4.72 Å². The molecule has 3 rings (SSSR count). The van der Waals surface area contributed by atoms with E-state index in [2.05, 4.69) is 4.98 Å². The molecular weight excluding hydrogens is 439 g/mol. The van der Waals surface area contributed by atoms with Gasteiger partial charge in [0.05, 0.1) is 10.6 Å². The zero-order valence-corrected chi connectivity index (χ0v) is 17.2. The molecule has 0 spiro atoms. The van der Waals surface area contributed by atoms with Crippen molar-refractivity contribution in [1.82, 2.24) is 4.98 Å². The molecule has 0 radical (unpaired) electrons. The molecular formula is C18H15FN2O7S2. The number of oxazole rings is 1. The Hall–Kier alpha value is -3.25. The van der Waals surface area contributed by atoms with Gasteiger partial charge in [-0.15, -0.1) is 0 Å². The number of aromatic nitrogens is 1. The topological polar surface area (TPSA) is 144 Å². The van der Waals surface area contributed by atoms with Gasteiger partial charge in [-0.1, -0.05) is 18.2 Å². The van der Waals surface area contributed by atoms with Crippen LogP contribution in [0.25, 0.3) is 11.3 Å². The zero-order chi connectivity index (χ0) is 22.3. The van der Waals surface area contributed by atoms with Crippen molar-refractivity contribution in [3.05, 3.63) is 59.6 Å². The summed E-state index contributed by atoms with van der Waals surface area (Å²) in [5.74, 6) is -3.19. The lowest BCUT2D eigenvalue weighted by Gasteiger charge is -2.06. The summed E-state index contributed by atoms with van der Waals surface area (Å²) in [4.78, 5) is 15.2. The Kier molecular flexibility index (Phi) is 5.39. The number of rotatable bonds is 6. The lowest BCUT2D eigenvalue weighted by molar-refractivity contribution is 0.0657. The lowest BCUT2D eigenvalue weighted by atomic mass is 10.1. The molecule has 3 aromatic rings. The number of sulfonamides is 1. The number of carboxylic acid groups (broad SMARTS) is 1. The summed E-state index contributed by atoms with van der Waals surface area (Å²) >= 11 is 0. The van der Waals surface area contributed by atoms with Crippen LogP contribution >= 0.6 is 0 Å². The maximum atomic E-state index is 14.0. The minimum absolute atomic E-state index is 0.0176. The Labute approximate surface area is 171 Å². The summed E-state index contributed by atoms with van der Waals surface area (Å²) in [5.41, 5.74) is -0.00638. The van der Waals surface area contributed by atoms with Crippen LogP contribution in [0, 0.1) is 12.7 Å². The van der Waals surface area contributed by atoms with Gasteiger partial charge >= 0.3 is 21.2 Å². The van der Waals surface area contributed by atoms with Crippen LogP contribution in [0.5, 0.6) is 0 Å². The molecule has 0 bridgehead atoms. The first kappa shape index (κ1) is 21.5.